The Hall–Kier alpha value is -2.03. The van der Waals surface area contributed by atoms with Crippen molar-refractivity contribution >= 4 is 40.6 Å². The second-order valence-electron chi connectivity index (χ2n) is 5.75. The molecule has 0 saturated heterocycles. The Kier molecular flexibility index (Phi) is 5.85. The number of rotatable bonds is 6. The SMILES string of the molecule is Cc1ccsc1CN(C)C(=O)CSc1nnc(-c2cccc(Cl)c2)n1N. The van der Waals surface area contributed by atoms with Crippen molar-refractivity contribution < 1.29 is 4.79 Å². The first-order valence-corrected chi connectivity index (χ1v) is 10.1. The van der Waals surface area contributed by atoms with E-state index in [1.165, 1.54) is 26.9 Å². The maximum absolute atomic E-state index is 12.4. The Bertz CT molecular complexity index is 924. The molecule has 0 spiro atoms. The number of hydrogen-bond acceptors (Lipinski definition) is 6. The first-order valence-electron chi connectivity index (χ1n) is 7.82. The minimum atomic E-state index is 0.00936. The molecule has 0 atom stereocenters. The third kappa shape index (κ3) is 4.20. The molecule has 2 heterocycles. The lowest BCUT2D eigenvalue weighted by Crippen LogP contribution is -2.28. The van der Waals surface area contributed by atoms with E-state index in [0.717, 1.165) is 5.56 Å². The molecule has 0 aliphatic heterocycles. The fourth-order valence-electron chi connectivity index (χ4n) is 2.31. The molecule has 0 fully saturated rings. The summed E-state index contributed by atoms with van der Waals surface area (Å²) < 4.78 is 1.38. The average Bonchev–Trinajstić information content (AvgIpc) is 3.18. The lowest BCUT2D eigenvalue weighted by Gasteiger charge is -2.16. The van der Waals surface area contributed by atoms with Crippen LogP contribution in [0.4, 0.5) is 0 Å². The molecule has 0 aliphatic rings. The molecule has 1 aromatic carbocycles. The van der Waals surface area contributed by atoms with Gasteiger partial charge in [0, 0.05) is 22.5 Å². The molecule has 26 heavy (non-hydrogen) atoms. The van der Waals surface area contributed by atoms with Crippen LogP contribution in [0.25, 0.3) is 11.4 Å². The molecule has 3 aromatic rings. The van der Waals surface area contributed by atoms with Crippen LogP contribution in [0.3, 0.4) is 0 Å². The molecule has 3 rings (SSSR count). The third-order valence-electron chi connectivity index (χ3n) is 3.85. The molecule has 6 nitrogen and oxygen atoms in total. The van der Waals surface area contributed by atoms with E-state index in [4.69, 9.17) is 17.4 Å². The number of nitrogens with zero attached hydrogens (tertiary/aromatic N) is 4. The zero-order valence-corrected chi connectivity index (χ0v) is 16.7. The van der Waals surface area contributed by atoms with Crippen molar-refractivity contribution in [2.45, 2.75) is 18.6 Å². The highest BCUT2D eigenvalue weighted by Gasteiger charge is 2.16. The molecular formula is C17H18ClN5OS2. The number of halogens is 1. The van der Waals surface area contributed by atoms with Gasteiger partial charge in [0.15, 0.2) is 5.82 Å². The monoisotopic (exact) mass is 407 g/mol. The van der Waals surface area contributed by atoms with Crippen LogP contribution in [-0.4, -0.2) is 38.5 Å². The van der Waals surface area contributed by atoms with Crippen LogP contribution >= 0.6 is 34.7 Å². The van der Waals surface area contributed by atoms with Gasteiger partial charge in [-0.05, 0) is 36.1 Å². The Morgan fingerprint density at radius 2 is 2.19 bits per heavy atom. The maximum Gasteiger partial charge on any atom is 0.233 e. The van der Waals surface area contributed by atoms with E-state index in [9.17, 15) is 4.79 Å². The van der Waals surface area contributed by atoms with E-state index >= 15 is 0 Å². The second kappa shape index (κ2) is 8.11. The number of nitrogens with two attached hydrogens (primary N) is 1. The standard InChI is InChI=1S/C17H18ClN5OS2/c1-11-6-7-25-14(11)9-22(2)15(24)10-26-17-21-20-16(23(17)19)12-4-3-5-13(18)8-12/h3-8H,9-10,19H2,1-2H3. The van der Waals surface area contributed by atoms with E-state index in [-0.39, 0.29) is 11.7 Å². The number of aromatic nitrogens is 3. The number of aryl methyl sites for hydroxylation is 1. The van der Waals surface area contributed by atoms with Crippen molar-refractivity contribution in [2.24, 2.45) is 0 Å². The number of thiophene rings is 1. The quantitative estimate of drug-likeness (QED) is 0.500. The highest BCUT2D eigenvalue weighted by atomic mass is 35.5. The number of hydrogen-bond donors (Lipinski definition) is 1. The molecule has 2 N–H and O–H groups in total. The van der Waals surface area contributed by atoms with Crippen LogP contribution in [0.5, 0.6) is 0 Å². The summed E-state index contributed by atoms with van der Waals surface area (Å²) in [6.45, 7) is 2.65. The molecule has 0 saturated carbocycles. The van der Waals surface area contributed by atoms with E-state index < -0.39 is 0 Å². The van der Waals surface area contributed by atoms with Crippen molar-refractivity contribution in [2.75, 3.05) is 18.6 Å². The summed E-state index contributed by atoms with van der Waals surface area (Å²) in [4.78, 5) is 15.3. The largest absolute Gasteiger partial charge is 0.340 e. The highest BCUT2D eigenvalue weighted by Crippen LogP contribution is 2.24. The predicted molar refractivity (Wildman–Crippen MR) is 107 cm³/mol. The van der Waals surface area contributed by atoms with Gasteiger partial charge in [-0.25, -0.2) is 4.68 Å². The fourth-order valence-corrected chi connectivity index (χ4v) is 4.25. The van der Waals surface area contributed by atoms with Gasteiger partial charge in [-0.1, -0.05) is 35.5 Å². The molecule has 1 amide bonds. The topological polar surface area (TPSA) is 77.0 Å². The van der Waals surface area contributed by atoms with Crippen LogP contribution in [0.1, 0.15) is 10.4 Å². The van der Waals surface area contributed by atoms with Crippen molar-refractivity contribution in [1.82, 2.24) is 19.8 Å². The van der Waals surface area contributed by atoms with Crippen LogP contribution < -0.4 is 5.84 Å². The Labute approximate surface area is 164 Å². The van der Waals surface area contributed by atoms with Crippen molar-refractivity contribution in [3.05, 3.63) is 51.2 Å². The molecule has 0 radical (unpaired) electrons. The van der Waals surface area contributed by atoms with Gasteiger partial charge in [0.2, 0.25) is 11.1 Å². The van der Waals surface area contributed by atoms with Crippen LogP contribution in [0.2, 0.25) is 5.02 Å². The normalized spacial score (nSPS) is 10.9. The van der Waals surface area contributed by atoms with Gasteiger partial charge in [0.05, 0.1) is 12.3 Å². The number of thioether (sulfide) groups is 1. The lowest BCUT2D eigenvalue weighted by atomic mass is 10.2. The molecular weight excluding hydrogens is 390 g/mol. The zero-order chi connectivity index (χ0) is 18.7. The molecule has 0 aliphatic carbocycles. The Morgan fingerprint density at radius 1 is 1.38 bits per heavy atom. The maximum atomic E-state index is 12.4. The highest BCUT2D eigenvalue weighted by molar-refractivity contribution is 7.99. The van der Waals surface area contributed by atoms with Gasteiger partial charge in [-0.15, -0.1) is 21.5 Å². The van der Waals surface area contributed by atoms with Gasteiger partial charge in [0.25, 0.3) is 0 Å². The molecule has 9 heteroatoms. The van der Waals surface area contributed by atoms with E-state index in [1.54, 1.807) is 35.4 Å². The number of amides is 1. The van der Waals surface area contributed by atoms with Crippen LogP contribution in [0.15, 0.2) is 40.9 Å². The van der Waals surface area contributed by atoms with E-state index in [1.807, 2.05) is 24.4 Å². The van der Waals surface area contributed by atoms with E-state index in [2.05, 4.69) is 16.3 Å². The number of benzene rings is 1. The summed E-state index contributed by atoms with van der Waals surface area (Å²) in [5.41, 5.74) is 1.98. The number of carbonyl (C=O) groups excluding carboxylic acids is 1. The Balaban J connectivity index is 1.63. The molecule has 0 unspecified atom stereocenters. The van der Waals surface area contributed by atoms with Gasteiger partial charge >= 0.3 is 0 Å². The smallest absolute Gasteiger partial charge is 0.233 e. The van der Waals surface area contributed by atoms with E-state index in [0.29, 0.717) is 22.5 Å². The molecule has 0 bridgehead atoms. The minimum absolute atomic E-state index is 0.00936. The first-order chi connectivity index (χ1) is 12.5. The summed E-state index contributed by atoms with van der Waals surface area (Å²) in [7, 11) is 1.80. The van der Waals surface area contributed by atoms with Gasteiger partial charge in [-0.2, -0.15) is 0 Å². The zero-order valence-electron chi connectivity index (χ0n) is 14.3. The molecule has 2 aromatic heterocycles. The summed E-state index contributed by atoms with van der Waals surface area (Å²) in [5, 5.41) is 11.3. The van der Waals surface area contributed by atoms with Crippen molar-refractivity contribution in [1.29, 1.82) is 0 Å². The number of nitrogen functional groups attached to an aromatic ring is 1. The minimum Gasteiger partial charge on any atom is -0.340 e. The van der Waals surface area contributed by atoms with Gasteiger partial charge in [-0.3, -0.25) is 4.79 Å². The lowest BCUT2D eigenvalue weighted by molar-refractivity contribution is -0.127. The van der Waals surface area contributed by atoms with Crippen LogP contribution in [-0.2, 0) is 11.3 Å². The molecule has 136 valence electrons. The fraction of sp³-hybridized carbons (Fsp3) is 0.235. The third-order valence-corrected chi connectivity index (χ3v) is 6.02. The summed E-state index contributed by atoms with van der Waals surface area (Å²) in [6.07, 6.45) is 0. The average molecular weight is 408 g/mol. The van der Waals surface area contributed by atoms with Gasteiger partial charge < -0.3 is 10.7 Å². The first kappa shape index (κ1) is 18.8. The summed E-state index contributed by atoms with van der Waals surface area (Å²) in [5.74, 6) is 6.84. The summed E-state index contributed by atoms with van der Waals surface area (Å²) >= 11 is 8.93. The number of carbonyl (C=O) groups is 1. The van der Waals surface area contributed by atoms with Gasteiger partial charge in [0.1, 0.15) is 0 Å². The second-order valence-corrected chi connectivity index (χ2v) is 8.13. The Morgan fingerprint density at radius 3 is 2.88 bits per heavy atom. The van der Waals surface area contributed by atoms with Crippen molar-refractivity contribution in [3.8, 4) is 11.4 Å². The summed E-state index contributed by atoms with van der Waals surface area (Å²) in [6, 6.07) is 9.29. The van der Waals surface area contributed by atoms with Crippen LogP contribution in [0, 0.1) is 6.92 Å². The predicted octanol–water partition coefficient (Wildman–Crippen LogP) is 3.43. The van der Waals surface area contributed by atoms with Crippen molar-refractivity contribution in [3.63, 3.8) is 0 Å².